The number of ketones is 1. The number of benzene rings is 3. The zero-order valence-electron chi connectivity index (χ0n) is 33.4. The van der Waals surface area contributed by atoms with Crippen LogP contribution in [0.4, 0.5) is 17.5 Å². The summed E-state index contributed by atoms with van der Waals surface area (Å²) in [4.78, 5) is 49.4. The summed E-state index contributed by atoms with van der Waals surface area (Å²) in [6, 6.07) is 16.1. The van der Waals surface area contributed by atoms with Gasteiger partial charge in [0.2, 0.25) is 18.0 Å². The molecule has 5 N–H and O–H groups in total. The fraction of sp³-hybridized carbons (Fsp3) is 0.439. The van der Waals surface area contributed by atoms with Gasteiger partial charge in [0.15, 0.2) is 28.8 Å². The molecule has 16 heteroatoms. The molecule has 3 heterocycles. The third-order valence-corrected chi connectivity index (χ3v) is 9.19. The molecule has 2 amide bonds. The van der Waals surface area contributed by atoms with Gasteiger partial charge in [-0.25, -0.2) is 4.98 Å². The third-order valence-electron chi connectivity index (χ3n) is 9.19. The van der Waals surface area contributed by atoms with Crippen molar-refractivity contribution in [1.29, 1.82) is 0 Å². The number of nitrogens with zero attached hydrogens (tertiary/aromatic N) is 4. The lowest BCUT2D eigenvalue weighted by atomic mass is 10.1. The van der Waals surface area contributed by atoms with Crippen LogP contribution in [0, 0.1) is 0 Å². The van der Waals surface area contributed by atoms with Crippen LogP contribution < -0.4 is 45.0 Å². The van der Waals surface area contributed by atoms with Crippen LogP contribution >= 0.6 is 0 Å². The summed E-state index contributed by atoms with van der Waals surface area (Å²) in [6.07, 6.45) is -0.130. The molecule has 0 bridgehead atoms. The Kier molecular flexibility index (Phi) is 14.7. The Hall–Kier alpha value is -5.87. The number of aliphatic hydroxyl groups is 1. The van der Waals surface area contributed by atoms with E-state index in [9.17, 15) is 19.5 Å². The molecule has 0 aliphatic carbocycles. The molecule has 2 aliphatic heterocycles. The van der Waals surface area contributed by atoms with Gasteiger partial charge < -0.3 is 55.0 Å². The number of piperazine rings is 1. The normalized spacial score (nSPS) is 15.3. The highest BCUT2D eigenvalue weighted by molar-refractivity contribution is 5.99. The minimum absolute atomic E-state index is 0.0834. The average Bonchev–Trinajstić information content (AvgIpc) is 3.21. The molecule has 6 rings (SSSR count). The SMILES string of the molecule is CCCC(=O)Nc1ccc(OCC(O)CNC(C)C)c(C(C)=O)c1.COc1cc2nc(N3CCN(C(=O)C4COc5ccccc5O4)CC3)nc(N)c2cc1OC. The molecule has 0 spiro atoms. The fourth-order valence-corrected chi connectivity index (χ4v) is 6.16. The maximum Gasteiger partial charge on any atom is 0.267 e. The van der Waals surface area contributed by atoms with Gasteiger partial charge in [0.1, 0.15) is 30.9 Å². The summed E-state index contributed by atoms with van der Waals surface area (Å²) in [5.41, 5.74) is 7.83. The number of fused-ring (bicyclic) bond motifs is 2. The molecule has 4 aromatic rings. The molecule has 1 aromatic heterocycles. The highest BCUT2D eigenvalue weighted by atomic mass is 16.6. The number of ether oxygens (including phenoxy) is 5. The van der Waals surface area contributed by atoms with Crippen molar-refractivity contribution in [2.24, 2.45) is 0 Å². The highest BCUT2D eigenvalue weighted by Crippen LogP contribution is 2.35. The Labute approximate surface area is 332 Å². The summed E-state index contributed by atoms with van der Waals surface area (Å²) >= 11 is 0. The van der Waals surface area contributed by atoms with E-state index >= 15 is 0 Å². The minimum Gasteiger partial charge on any atom is -0.493 e. The van der Waals surface area contributed by atoms with E-state index in [1.165, 1.54) is 6.92 Å². The zero-order chi connectivity index (χ0) is 41.1. The van der Waals surface area contributed by atoms with Gasteiger partial charge in [-0.15, -0.1) is 0 Å². The van der Waals surface area contributed by atoms with E-state index in [-0.39, 0.29) is 36.9 Å². The summed E-state index contributed by atoms with van der Waals surface area (Å²) in [7, 11) is 3.14. The van der Waals surface area contributed by atoms with Gasteiger partial charge in [-0.2, -0.15) is 4.98 Å². The predicted octanol–water partition coefficient (Wildman–Crippen LogP) is 4.08. The topological polar surface area (TPSA) is 200 Å². The summed E-state index contributed by atoms with van der Waals surface area (Å²) in [5.74, 6) is 3.34. The van der Waals surface area contributed by atoms with Crippen LogP contribution in [0.3, 0.4) is 0 Å². The number of aromatic nitrogens is 2. The van der Waals surface area contributed by atoms with Crippen molar-refractivity contribution in [1.82, 2.24) is 20.2 Å². The second-order valence-electron chi connectivity index (χ2n) is 13.9. The molecule has 3 aromatic carbocycles. The van der Waals surface area contributed by atoms with Gasteiger partial charge >= 0.3 is 0 Å². The van der Waals surface area contributed by atoms with Gasteiger partial charge in [-0.05, 0) is 49.7 Å². The summed E-state index contributed by atoms with van der Waals surface area (Å²) in [5, 5.41) is 16.5. The Morgan fingerprint density at radius 3 is 2.33 bits per heavy atom. The Morgan fingerprint density at radius 1 is 0.965 bits per heavy atom. The van der Waals surface area contributed by atoms with E-state index in [1.54, 1.807) is 55.5 Å². The maximum atomic E-state index is 13.0. The minimum atomic E-state index is -0.670. The predicted molar refractivity (Wildman–Crippen MR) is 217 cm³/mol. The molecule has 16 nitrogen and oxygen atoms in total. The number of carbonyl (C=O) groups excluding carboxylic acids is 3. The Balaban J connectivity index is 0.000000231. The number of Topliss-reactive ketones (excluding diaryl/α,β-unsaturated/α-hetero) is 1. The molecule has 2 unspecified atom stereocenters. The quantitative estimate of drug-likeness (QED) is 0.133. The number of hydrogen-bond acceptors (Lipinski definition) is 14. The smallest absolute Gasteiger partial charge is 0.267 e. The van der Waals surface area contributed by atoms with Gasteiger partial charge in [-0.1, -0.05) is 32.9 Å². The van der Waals surface area contributed by atoms with Crippen molar-refractivity contribution in [2.75, 3.05) is 76.1 Å². The number of nitrogens with two attached hydrogens (primary N) is 1. The Bertz CT molecular complexity index is 2020. The first-order chi connectivity index (χ1) is 27.4. The fourth-order valence-electron chi connectivity index (χ4n) is 6.16. The monoisotopic (exact) mass is 787 g/mol. The van der Waals surface area contributed by atoms with E-state index < -0.39 is 12.2 Å². The molecule has 57 heavy (non-hydrogen) atoms. The van der Waals surface area contributed by atoms with Crippen LogP contribution in [0.1, 0.15) is 50.9 Å². The van der Waals surface area contributed by atoms with Crippen molar-refractivity contribution in [3.63, 3.8) is 0 Å². The number of para-hydroxylation sites is 2. The lowest BCUT2D eigenvalue weighted by Crippen LogP contribution is -2.54. The van der Waals surface area contributed by atoms with Gasteiger partial charge in [0, 0.05) is 62.3 Å². The number of amides is 2. The Morgan fingerprint density at radius 2 is 1.67 bits per heavy atom. The van der Waals surface area contributed by atoms with Crippen molar-refractivity contribution in [3.05, 3.63) is 60.2 Å². The van der Waals surface area contributed by atoms with Crippen LogP contribution in [0.25, 0.3) is 10.9 Å². The number of nitrogens with one attached hydrogen (secondary N) is 2. The molecule has 0 saturated carbocycles. The van der Waals surface area contributed by atoms with Gasteiger partial charge in [-0.3, -0.25) is 14.4 Å². The summed E-state index contributed by atoms with van der Waals surface area (Å²) in [6.45, 7) is 10.3. The van der Waals surface area contributed by atoms with Gasteiger partial charge in [0.05, 0.1) is 25.3 Å². The molecule has 1 saturated heterocycles. The van der Waals surface area contributed by atoms with Crippen LogP contribution in [-0.2, 0) is 9.59 Å². The van der Waals surface area contributed by atoms with E-state index in [1.807, 2.05) is 43.9 Å². The van der Waals surface area contributed by atoms with E-state index in [0.717, 1.165) is 6.42 Å². The molecule has 2 aliphatic rings. The molecular formula is C41H53N7O9. The van der Waals surface area contributed by atoms with E-state index in [4.69, 9.17) is 29.4 Å². The van der Waals surface area contributed by atoms with Crippen molar-refractivity contribution in [2.45, 2.75) is 58.8 Å². The van der Waals surface area contributed by atoms with Crippen molar-refractivity contribution >= 4 is 46.0 Å². The first-order valence-corrected chi connectivity index (χ1v) is 19.0. The zero-order valence-corrected chi connectivity index (χ0v) is 33.4. The lowest BCUT2D eigenvalue weighted by Gasteiger charge is -2.37. The largest absolute Gasteiger partial charge is 0.493 e. The standard InChI is InChI=1S/C23H25N5O5.C18H28N2O4/c1-30-18-11-14-15(12-19(18)31-2)25-23(26-21(14)24)28-9-7-27(8-10-28)22(29)20-13-32-16-5-3-4-6-17(16)33-20;1-5-6-18(23)20-14-7-8-17(16(9-14)13(4)21)24-11-15(22)10-19-12(2)3/h3-6,11-12,20H,7-10,13H2,1-2H3,(H2,24,25,26);7-9,12,15,19,22H,5-6,10-11H2,1-4H3,(H,20,23). The summed E-state index contributed by atoms with van der Waals surface area (Å²) < 4.78 is 27.9. The lowest BCUT2D eigenvalue weighted by molar-refractivity contribution is -0.141. The molecule has 2 atom stereocenters. The molecule has 0 radical (unpaired) electrons. The number of carbonyl (C=O) groups is 3. The highest BCUT2D eigenvalue weighted by Gasteiger charge is 2.33. The van der Waals surface area contributed by atoms with E-state index in [0.29, 0.717) is 102 Å². The van der Waals surface area contributed by atoms with Crippen molar-refractivity contribution < 1.29 is 43.2 Å². The van der Waals surface area contributed by atoms with Crippen LogP contribution in [0.15, 0.2) is 54.6 Å². The van der Waals surface area contributed by atoms with E-state index in [2.05, 4.69) is 20.6 Å². The second-order valence-corrected chi connectivity index (χ2v) is 13.9. The first-order valence-electron chi connectivity index (χ1n) is 19.0. The molecule has 1 fully saturated rings. The second kappa shape index (κ2) is 19.8. The molecular weight excluding hydrogens is 734 g/mol. The average molecular weight is 788 g/mol. The number of rotatable bonds is 14. The number of aliphatic hydroxyl groups excluding tert-OH is 1. The third kappa shape index (κ3) is 11.1. The number of nitrogen functional groups attached to an aromatic ring is 1. The number of anilines is 3. The number of hydrogen-bond donors (Lipinski definition) is 4. The van der Waals surface area contributed by atoms with Crippen LogP contribution in [0.5, 0.6) is 28.7 Å². The van der Waals surface area contributed by atoms with Crippen molar-refractivity contribution in [3.8, 4) is 28.7 Å². The first kappa shape index (κ1) is 42.3. The molecule has 306 valence electrons. The van der Waals surface area contributed by atoms with Crippen LogP contribution in [0.2, 0.25) is 0 Å². The maximum absolute atomic E-state index is 13.0. The van der Waals surface area contributed by atoms with Crippen LogP contribution in [-0.4, -0.2) is 116 Å². The number of methoxy groups -OCH3 is 2. The van der Waals surface area contributed by atoms with Gasteiger partial charge in [0.25, 0.3) is 5.91 Å².